The Morgan fingerprint density at radius 3 is 2.50 bits per heavy atom. The Bertz CT molecular complexity index is 318. The molecule has 0 bridgehead atoms. The third-order valence-electron chi connectivity index (χ3n) is 3.03. The maximum Gasteiger partial charge on any atom is 0.0534 e. The van der Waals surface area contributed by atoms with Gasteiger partial charge in [-0.2, -0.15) is 5.10 Å². The van der Waals surface area contributed by atoms with E-state index >= 15 is 0 Å². The minimum Gasteiger partial charge on any atom is -0.300 e. The summed E-state index contributed by atoms with van der Waals surface area (Å²) < 4.78 is 1.86. The van der Waals surface area contributed by atoms with Crippen molar-refractivity contribution in [2.24, 2.45) is 7.05 Å². The Hall–Kier alpha value is -0.580. The maximum atomic E-state index is 5.74. The molecule has 90 valence electrons. The minimum atomic E-state index is 0.739. The van der Waals surface area contributed by atoms with Crippen LogP contribution in [0.25, 0.3) is 0 Å². The van der Waals surface area contributed by atoms with Gasteiger partial charge in [0.1, 0.15) is 0 Å². The highest BCUT2D eigenvalue weighted by molar-refractivity contribution is 6.18. The Morgan fingerprint density at radius 1 is 1.25 bits per heavy atom. The summed E-state index contributed by atoms with van der Waals surface area (Å²) in [6.45, 7) is 6.56. The van der Waals surface area contributed by atoms with Crippen LogP contribution in [0.3, 0.4) is 0 Å². The molecule has 0 spiro atoms. The van der Waals surface area contributed by atoms with E-state index in [9.17, 15) is 0 Å². The van der Waals surface area contributed by atoms with Crippen molar-refractivity contribution in [3.05, 3.63) is 18.0 Å². The van der Waals surface area contributed by atoms with Crippen molar-refractivity contribution >= 4 is 11.6 Å². The molecule has 1 aliphatic heterocycles. The molecule has 0 radical (unpaired) electrons. The summed E-state index contributed by atoms with van der Waals surface area (Å²) in [5.74, 6) is 0.739. The molecule has 1 aromatic heterocycles. The normalized spacial score (nSPS) is 19.1. The zero-order chi connectivity index (χ0) is 11.4. The molecule has 0 aromatic carbocycles. The lowest BCUT2D eigenvalue weighted by atomic mass is 10.2. The molecule has 0 unspecified atom stereocenters. The summed E-state index contributed by atoms with van der Waals surface area (Å²) in [5, 5.41) is 4.19. The summed E-state index contributed by atoms with van der Waals surface area (Å²) in [5.41, 5.74) is 1.30. The molecule has 0 amide bonds. The van der Waals surface area contributed by atoms with E-state index in [4.69, 9.17) is 11.6 Å². The zero-order valence-corrected chi connectivity index (χ0v) is 10.5. The van der Waals surface area contributed by atoms with Crippen molar-refractivity contribution in [2.45, 2.75) is 6.54 Å². The lowest BCUT2D eigenvalue weighted by molar-refractivity contribution is 0.132. The highest BCUT2D eigenvalue weighted by Crippen LogP contribution is 2.07. The summed E-state index contributed by atoms with van der Waals surface area (Å²) in [7, 11) is 1.96. The van der Waals surface area contributed by atoms with E-state index in [0.29, 0.717) is 0 Å². The molecule has 1 fully saturated rings. The number of nitrogens with zero attached hydrogens (tertiary/aromatic N) is 4. The van der Waals surface area contributed by atoms with E-state index in [2.05, 4.69) is 21.1 Å². The number of alkyl halides is 1. The van der Waals surface area contributed by atoms with Gasteiger partial charge in [0, 0.05) is 64.0 Å². The minimum absolute atomic E-state index is 0.739. The van der Waals surface area contributed by atoms with Gasteiger partial charge in [0.2, 0.25) is 0 Å². The monoisotopic (exact) mass is 242 g/mol. The second kappa shape index (κ2) is 5.66. The second-order valence-corrected chi connectivity index (χ2v) is 4.71. The highest BCUT2D eigenvalue weighted by Gasteiger charge is 2.16. The average Bonchev–Trinajstić information content (AvgIpc) is 2.67. The van der Waals surface area contributed by atoms with E-state index < -0.39 is 0 Å². The fourth-order valence-corrected chi connectivity index (χ4v) is 2.34. The number of piperazine rings is 1. The molecule has 1 aliphatic rings. The topological polar surface area (TPSA) is 24.3 Å². The van der Waals surface area contributed by atoms with Gasteiger partial charge < -0.3 is 0 Å². The van der Waals surface area contributed by atoms with Crippen molar-refractivity contribution in [1.29, 1.82) is 0 Å². The molecule has 2 heterocycles. The lowest BCUT2D eigenvalue weighted by Crippen LogP contribution is -2.46. The predicted octanol–water partition coefficient (Wildman–Crippen LogP) is 0.776. The van der Waals surface area contributed by atoms with Crippen LogP contribution in [-0.2, 0) is 13.6 Å². The lowest BCUT2D eigenvalue weighted by Gasteiger charge is -2.34. The van der Waals surface area contributed by atoms with Gasteiger partial charge in [0.05, 0.1) is 6.20 Å². The Morgan fingerprint density at radius 2 is 1.94 bits per heavy atom. The van der Waals surface area contributed by atoms with Crippen molar-refractivity contribution in [3.8, 4) is 0 Å². The van der Waals surface area contributed by atoms with Crippen LogP contribution in [0.2, 0.25) is 0 Å². The van der Waals surface area contributed by atoms with Crippen molar-refractivity contribution in [3.63, 3.8) is 0 Å². The van der Waals surface area contributed by atoms with Crippen LogP contribution in [0.1, 0.15) is 5.56 Å². The number of aromatic nitrogens is 2. The van der Waals surface area contributed by atoms with Crippen LogP contribution in [0.4, 0.5) is 0 Å². The van der Waals surface area contributed by atoms with Crippen LogP contribution in [0.15, 0.2) is 12.4 Å². The zero-order valence-electron chi connectivity index (χ0n) is 9.77. The smallest absolute Gasteiger partial charge is 0.0534 e. The molecule has 1 saturated heterocycles. The number of hydrogen-bond acceptors (Lipinski definition) is 3. The number of halogens is 1. The van der Waals surface area contributed by atoms with Crippen LogP contribution in [-0.4, -0.2) is 58.2 Å². The summed E-state index contributed by atoms with van der Waals surface area (Å²) >= 11 is 5.74. The number of rotatable bonds is 4. The quantitative estimate of drug-likeness (QED) is 0.730. The Labute approximate surface area is 102 Å². The van der Waals surface area contributed by atoms with Crippen LogP contribution in [0, 0.1) is 0 Å². The first-order valence-electron chi connectivity index (χ1n) is 5.76. The summed E-state index contributed by atoms with van der Waals surface area (Å²) in [6.07, 6.45) is 4.04. The van der Waals surface area contributed by atoms with Crippen molar-refractivity contribution in [1.82, 2.24) is 19.6 Å². The van der Waals surface area contributed by atoms with Gasteiger partial charge in [0.25, 0.3) is 0 Å². The molecule has 2 rings (SSSR count). The third kappa shape index (κ3) is 3.20. The van der Waals surface area contributed by atoms with Gasteiger partial charge in [-0.3, -0.25) is 14.5 Å². The molecular formula is C11H19ClN4. The Balaban J connectivity index is 1.77. The fraction of sp³-hybridized carbons (Fsp3) is 0.727. The molecule has 16 heavy (non-hydrogen) atoms. The third-order valence-corrected chi connectivity index (χ3v) is 3.20. The van der Waals surface area contributed by atoms with Gasteiger partial charge in [-0.25, -0.2) is 0 Å². The standard InChI is InChI=1S/C11H19ClN4/c1-14-9-11(8-13-14)10-16-6-4-15(3-2-12)5-7-16/h8-9H,2-7,10H2,1H3. The van der Waals surface area contributed by atoms with Gasteiger partial charge in [-0.05, 0) is 0 Å². The van der Waals surface area contributed by atoms with Gasteiger partial charge >= 0.3 is 0 Å². The van der Waals surface area contributed by atoms with Gasteiger partial charge in [0.15, 0.2) is 0 Å². The van der Waals surface area contributed by atoms with Crippen molar-refractivity contribution in [2.75, 3.05) is 38.6 Å². The predicted molar refractivity (Wildman–Crippen MR) is 65.6 cm³/mol. The van der Waals surface area contributed by atoms with E-state index in [1.54, 1.807) is 0 Å². The molecule has 1 aromatic rings. The highest BCUT2D eigenvalue weighted by atomic mass is 35.5. The second-order valence-electron chi connectivity index (χ2n) is 4.33. The van der Waals surface area contributed by atoms with E-state index in [-0.39, 0.29) is 0 Å². The van der Waals surface area contributed by atoms with Gasteiger partial charge in [-0.15, -0.1) is 11.6 Å². The molecule has 0 atom stereocenters. The largest absolute Gasteiger partial charge is 0.300 e. The SMILES string of the molecule is Cn1cc(CN2CCN(CCCl)CC2)cn1. The Kier molecular flexibility index (Phi) is 4.21. The van der Waals surface area contributed by atoms with Crippen molar-refractivity contribution < 1.29 is 0 Å². The first kappa shape index (κ1) is 11.9. The van der Waals surface area contributed by atoms with Crippen LogP contribution in [0.5, 0.6) is 0 Å². The first-order chi connectivity index (χ1) is 7.78. The number of hydrogen-bond donors (Lipinski definition) is 0. The average molecular weight is 243 g/mol. The summed E-state index contributed by atoms with van der Waals surface area (Å²) in [4.78, 5) is 4.90. The van der Waals surface area contributed by atoms with Crippen LogP contribution < -0.4 is 0 Å². The van der Waals surface area contributed by atoms with E-state index in [1.165, 1.54) is 5.56 Å². The number of aryl methyl sites for hydroxylation is 1. The molecule has 5 heteroatoms. The van der Waals surface area contributed by atoms with Gasteiger partial charge in [-0.1, -0.05) is 0 Å². The molecular weight excluding hydrogens is 224 g/mol. The molecule has 0 saturated carbocycles. The molecule has 0 aliphatic carbocycles. The fourth-order valence-electron chi connectivity index (χ4n) is 2.10. The first-order valence-corrected chi connectivity index (χ1v) is 6.29. The van der Waals surface area contributed by atoms with E-state index in [0.717, 1.165) is 45.1 Å². The maximum absolute atomic E-state index is 5.74. The molecule has 4 nitrogen and oxygen atoms in total. The molecule has 0 N–H and O–H groups in total. The van der Waals surface area contributed by atoms with Crippen LogP contribution >= 0.6 is 11.6 Å². The summed E-state index contributed by atoms with van der Waals surface area (Å²) in [6, 6.07) is 0. The van der Waals surface area contributed by atoms with E-state index in [1.807, 2.05) is 17.9 Å².